The fraction of sp³-hybridized carbons (Fsp3) is 0.333. The molecule has 0 saturated heterocycles. The van der Waals surface area contributed by atoms with Crippen molar-refractivity contribution in [2.75, 3.05) is 0 Å². The normalized spacial score (nSPS) is 24.3. The summed E-state index contributed by atoms with van der Waals surface area (Å²) in [5.41, 5.74) is 10.1. The van der Waals surface area contributed by atoms with Crippen molar-refractivity contribution in [3.8, 4) is 5.75 Å². The molecule has 0 bridgehead atoms. The molecule has 2 nitrogen and oxygen atoms in total. The smallest absolute Gasteiger partial charge is 0.126 e. The van der Waals surface area contributed by atoms with Gasteiger partial charge in [-0.2, -0.15) is 0 Å². The second kappa shape index (κ2) is 5.15. The van der Waals surface area contributed by atoms with E-state index in [2.05, 4.69) is 46.3 Å². The SMILES string of the molecule is NC1CC(c2cccc(C3CC3)c2)Oc2cc(Br)ccc21. The molecule has 4 rings (SSSR count). The Bertz CT molecular complexity index is 681. The molecule has 0 aromatic heterocycles. The van der Waals surface area contributed by atoms with E-state index in [1.165, 1.54) is 24.0 Å². The van der Waals surface area contributed by atoms with E-state index in [4.69, 9.17) is 10.5 Å². The lowest BCUT2D eigenvalue weighted by molar-refractivity contribution is 0.161. The summed E-state index contributed by atoms with van der Waals surface area (Å²) in [5, 5.41) is 0. The van der Waals surface area contributed by atoms with Gasteiger partial charge in [0.1, 0.15) is 11.9 Å². The lowest BCUT2D eigenvalue weighted by atomic mass is 9.92. The summed E-state index contributed by atoms with van der Waals surface area (Å²) < 4.78 is 7.24. The maximum atomic E-state index is 6.34. The first-order valence-electron chi connectivity index (χ1n) is 7.52. The number of rotatable bonds is 2. The van der Waals surface area contributed by atoms with E-state index in [0.717, 1.165) is 28.1 Å². The summed E-state index contributed by atoms with van der Waals surface area (Å²) in [6, 6.07) is 15.0. The minimum atomic E-state index is 0.0384. The second-order valence-corrected chi connectivity index (χ2v) is 6.99. The molecule has 0 radical (unpaired) electrons. The summed E-state index contributed by atoms with van der Waals surface area (Å²) in [5.74, 6) is 1.67. The van der Waals surface area contributed by atoms with Gasteiger partial charge in [0.05, 0.1) is 0 Å². The number of benzene rings is 2. The minimum absolute atomic E-state index is 0.0384. The van der Waals surface area contributed by atoms with E-state index in [9.17, 15) is 0 Å². The lowest BCUT2D eigenvalue weighted by Gasteiger charge is -2.31. The van der Waals surface area contributed by atoms with E-state index >= 15 is 0 Å². The van der Waals surface area contributed by atoms with Gasteiger partial charge in [0.25, 0.3) is 0 Å². The average Bonchev–Trinajstić information content (AvgIpc) is 3.31. The van der Waals surface area contributed by atoms with E-state index < -0.39 is 0 Å². The van der Waals surface area contributed by atoms with E-state index in [-0.39, 0.29) is 12.1 Å². The quantitative estimate of drug-likeness (QED) is 0.845. The van der Waals surface area contributed by atoms with Crippen molar-refractivity contribution >= 4 is 15.9 Å². The molecular weight excluding hydrogens is 326 g/mol. The fourth-order valence-electron chi connectivity index (χ4n) is 3.11. The van der Waals surface area contributed by atoms with Crippen LogP contribution in [0.15, 0.2) is 46.9 Å². The standard InChI is InChI=1S/C18H18BrNO/c19-14-6-7-15-16(20)10-17(21-18(15)9-14)13-3-1-2-12(8-13)11-4-5-11/h1-3,6-9,11,16-17H,4-5,10,20H2. The molecule has 2 aromatic carbocycles. The molecule has 21 heavy (non-hydrogen) atoms. The zero-order valence-corrected chi connectivity index (χ0v) is 13.3. The first kappa shape index (κ1) is 13.4. The highest BCUT2D eigenvalue weighted by molar-refractivity contribution is 9.10. The number of hydrogen-bond donors (Lipinski definition) is 1. The summed E-state index contributed by atoms with van der Waals surface area (Å²) in [7, 11) is 0. The van der Waals surface area contributed by atoms with Crippen LogP contribution in [-0.2, 0) is 0 Å². The first-order valence-corrected chi connectivity index (χ1v) is 8.31. The molecule has 1 fully saturated rings. The van der Waals surface area contributed by atoms with E-state index in [1.807, 2.05) is 12.1 Å². The largest absolute Gasteiger partial charge is 0.485 e. The molecule has 2 atom stereocenters. The van der Waals surface area contributed by atoms with Crippen LogP contribution in [0.1, 0.15) is 54.0 Å². The van der Waals surface area contributed by atoms with Crippen molar-refractivity contribution in [1.82, 2.24) is 0 Å². The molecule has 2 unspecified atom stereocenters. The van der Waals surface area contributed by atoms with E-state index in [1.54, 1.807) is 0 Å². The molecule has 108 valence electrons. The van der Waals surface area contributed by atoms with Crippen molar-refractivity contribution in [3.63, 3.8) is 0 Å². The van der Waals surface area contributed by atoms with Crippen LogP contribution in [0.4, 0.5) is 0 Å². The van der Waals surface area contributed by atoms with Crippen LogP contribution in [0.3, 0.4) is 0 Å². The number of fused-ring (bicyclic) bond motifs is 1. The van der Waals surface area contributed by atoms with Crippen molar-refractivity contribution in [2.24, 2.45) is 5.73 Å². The number of hydrogen-bond acceptors (Lipinski definition) is 2. The van der Waals surface area contributed by atoms with Gasteiger partial charge in [0.2, 0.25) is 0 Å². The third-order valence-electron chi connectivity index (χ3n) is 4.44. The topological polar surface area (TPSA) is 35.2 Å². The van der Waals surface area contributed by atoms with Crippen LogP contribution < -0.4 is 10.5 Å². The van der Waals surface area contributed by atoms with Crippen LogP contribution in [-0.4, -0.2) is 0 Å². The summed E-state index contributed by atoms with van der Waals surface area (Å²) >= 11 is 3.50. The molecule has 2 N–H and O–H groups in total. The molecule has 1 heterocycles. The van der Waals surface area contributed by atoms with Gasteiger partial charge in [0, 0.05) is 22.5 Å². The summed E-state index contributed by atoms with van der Waals surface area (Å²) in [6.07, 6.45) is 3.54. The van der Waals surface area contributed by atoms with Gasteiger partial charge < -0.3 is 10.5 Å². The molecule has 0 spiro atoms. The third kappa shape index (κ3) is 2.60. The molecule has 1 aliphatic heterocycles. The number of halogens is 1. The maximum absolute atomic E-state index is 6.34. The van der Waals surface area contributed by atoms with E-state index in [0.29, 0.717) is 0 Å². The Hall–Kier alpha value is -1.32. The van der Waals surface area contributed by atoms with Crippen LogP contribution in [0.5, 0.6) is 5.75 Å². The van der Waals surface area contributed by atoms with Crippen LogP contribution in [0.25, 0.3) is 0 Å². The fourth-order valence-corrected chi connectivity index (χ4v) is 3.45. The Labute approximate surface area is 133 Å². The Morgan fingerprint density at radius 3 is 2.67 bits per heavy atom. The predicted octanol–water partition coefficient (Wildman–Crippen LogP) is 4.85. The predicted molar refractivity (Wildman–Crippen MR) is 87.5 cm³/mol. The second-order valence-electron chi connectivity index (χ2n) is 6.08. The van der Waals surface area contributed by atoms with Crippen LogP contribution in [0, 0.1) is 0 Å². The third-order valence-corrected chi connectivity index (χ3v) is 4.94. The molecule has 3 heteroatoms. The highest BCUT2D eigenvalue weighted by atomic mass is 79.9. The molecule has 1 saturated carbocycles. The van der Waals surface area contributed by atoms with Gasteiger partial charge in [-0.25, -0.2) is 0 Å². The first-order chi connectivity index (χ1) is 10.2. The Morgan fingerprint density at radius 1 is 1.05 bits per heavy atom. The summed E-state index contributed by atoms with van der Waals surface area (Å²) in [4.78, 5) is 0. The highest BCUT2D eigenvalue weighted by Crippen LogP contribution is 2.43. The van der Waals surface area contributed by atoms with Crippen molar-refractivity contribution < 1.29 is 4.74 Å². The Balaban J connectivity index is 1.66. The molecule has 2 aliphatic rings. The molecule has 2 aromatic rings. The Morgan fingerprint density at radius 2 is 1.86 bits per heavy atom. The lowest BCUT2D eigenvalue weighted by Crippen LogP contribution is -2.24. The minimum Gasteiger partial charge on any atom is -0.485 e. The number of ether oxygens (including phenoxy) is 1. The Kier molecular flexibility index (Phi) is 3.27. The highest BCUT2D eigenvalue weighted by Gasteiger charge is 2.29. The van der Waals surface area contributed by atoms with Crippen molar-refractivity contribution in [3.05, 3.63) is 63.6 Å². The van der Waals surface area contributed by atoms with Crippen molar-refractivity contribution in [1.29, 1.82) is 0 Å². The molecule has 0 amide bonds. The van der Waals surface area contributed by atoms with Crippen LogP contribution in [0.2, 0.25) is 0 Å². The zero-order valence-electron chi connectivity index (χ0n) is 11.8. The van der Waals surface area contributed by atoms with Gasteiger partial charge in [-0.05, 0) is 42.0 Å². The zero-order chi connectivity index (χ0) is 14.4. The molecule has 1 aliphatic carbocycles. The van der Waals surface area contributed by atoms with Gasteiger partial charge in [-0.15, -0.1) is 0 Å². The number of nitrogens with two attached hydrogens (primary N) is 1. The van der Waals surface area contributed by atoms with Gasteiger partial charge in [-0.1, -0.05) is 46.3 Å². The van der Waals surface area contributed by atoms with Gasteiger partial charge >= 0.3 is 0 Å². The van der Waals surface area contributed by atoms with Gasteiger partial charge in [0.15, 0.2) is 0 Å². The monoisotopic (exact) mass is 343 g/mol. The average molecular weight is 344 g/mol. The maximum Gasteiger partial charge on any atom is 0.126 e. The van der Waals surface area contributed by atoms with Crippen molar-refractivity contribution in [2.45, 2.75) is 37.3 Å². The van der Waals surface area contributed by atoms with Gasteiger partial charge in [-0.3, -0.25) is 0 Å². The van der Waals surface area contributed by atoms with Crippen LogP contribution >= 0.6 is 15.9 Å². The summed E-state index contributed by atoms with van der Waals surface area (Å²) in [6.45, 7) is 0. The molecular formula is C18H18BrNO.